The highest BCUT2D eigenvalue weighted by molar-refractivity contribution is 5.97. The molecule has 2 aromatic carbocycles. The van der Waals surface area contributed by atoms with Gasteiger partial charge in [0, 0.05) is 23.1 Å². The molecule has 0 aliphatic heterocycles. The molecule has 0 aromatic heterocycles. The summed E-state index contributed by atoms with van der Waals surface area (Å²) in [4.78, 5) is 32.8. The number of hydrogen-bond acceptors (Lipinski definition) is 8. The van der Waals surface area contributed by atoms with Crippen molar-refractivity contribution in [1.29, 1.82) is 0 Å². The van der Waals surface area contributed by atoms with E-state index in [-0.39, 0.29) is 48.2 Å². The number of hydrogen-bond donors (Lipinski definition) is 3. The van der Waals surface area contributed by atoms with Crippen molar-refractivity contribution in [3.8, 4) is 23.0 Å². The van der Waals surface area contributed by atoms with E-state index in [1.165, 1.54) is 19.1 Å². The lowest BCUT2D eigenvalue weighted by molar-refractivity contribution is -0.145. The van der Waals surface area contributed by atoms with Crippen LogP contribution < -0.4 is 4.74 Å². The zero-order valence-electron chi connectivity index (χ0n) is 18.8. The van der Waals surface area contributed by atoms with Gasteiger partial charge in [0.25, 0.3) is 0 Å². The molecule has 0 fully saturated rings. The number of Topliss-reactive ketones (excluding diaryl/α,β-unsaturated/α-hetero) is 1. The number of benzene rings is 2. The van der Waals surface area contributed by atoms with Gasteiger partial charge in [-0.2, -0.15) is 0 Å². The molecular weight excluding hydrogens is 416 g/mol. The molecule has 2 aromatic rings. The Kier molecular flexibility index (Phi) is 10.8. The van der Waals surface area contributed by atoms with Crippen molar-refractivity contribution in [2.24, 2.45) is 0 Å². The maximum Gasteiger partial charge on any atom is 0.344 e. The number of esters is 1. The molecule has 174 valence electrons. The van der Waals surface area contributed by atoms with Crippen LogP contribution in [-0.4, -0.2) is 46.6 Å². The van der Waals surface area contributed by atoms with E-state index in [1.807, 2.05) is 13.8 Å². The first-order valence-electron chi connectivity index (χ1n) is 10.3. The average molecular weight is 446 g/mol. The summed E-state index contributed by atoms with van der Waals surface area (Å²) in [6.45, 7) is 6.82. The molecule has 3 N–H and O–H groups in total. The van der Waals surface area contributed by atoms with Gasteiger partial charge in [-0.25, -0.2) is 4.79 Å². The standard InChI is InChI=1S/C14H18O5.C10H12O3/c1-4-10-12(19-8-13(16)18-5-2)7-6-11(9(3)15)14(10)17;1-2-8-9(12)4-3-7(5-6-11)10(8)13/h6-7,17H,4-5,8H2,1-3H3;3-4,6,12-13H,2,5H2,1H3. The van der Waals surface area contributed by atoms with Crippen molar-refractivity contribution in [3.05, 3.63) is 46.5 Å². The number of ether oxygens (including phenoxy) is 2. The highest BCUT2D eigenvalue weighted by Crippen LogP contribution is 2.32. The van der Waals surface area contributed by atoms with Crippen LogP contribution >= 0.6 is 0 Å². The van der Waals surface area contributed by atoms with Gasteiger partial charge in [0.05, 0.1) is 12.2 Å². The van der Waals surface area contributed by atoms with Gasteiger partial charge in [0.15, 0.2) is 12.4 Å². The molecule has 32 heavy (non-hydrogen) atoms. The van der Waals surface area contributed by atoms with Gasteiger partial charge in [-0.05, 0) is 44.9 Å². The van der Waals surface area contributed by atoms with Gasteiger partial charge in [-0.1, -0.05) is 19.9 Å². The molecule has 0 radical (unpaired) electrons. The smallest absolute Gasteiger partial charge is 0.344 e. The number of carbonyl (C=O) groups is 3. The molecule has 0 bridgehead atoms. The number of carbonyl (C=O) groups excluding carboxylic acids is 3. The fourth-order valence-corrected chi connectivity index (χ4v) is 3.00. The Bertz CT molecular complexity index is 950. The highest BCUT2D eigenvalue weighted by Gasteiger charge is 2.16. The summed E-state index contributed by atoms with van der Waals surface area (Å²) < 4.78 is 10.1. The SMILES string of the molecule is CCOC(=O)COc1ccc(C(C)=O)c(O)c1CC.CCc1c(O)ccc(CC=O)c1O. The lowest BCUT2D eigenvalue weighted by Gasteiger charge is -2.13. The van der Waals surface area contributed by atoms with Crippen LogP contribution in [0, 0.1) is 0 Å². The summed E-state index contributed by atoms with van der Waals surface area (Å²) in [6.07, 6.45) is 1.94. The number of phenolic OH excluding ortho intramolecular Hbond substituents is 3. The second kappa shape index (κ2) is 13.0. The van der Waals surface area contributed by atoms with E-state index in [0.717, 1.165) is 6.29 Å². The first kappa shape index (κ1) is 26.5. The van der Waals surface area contributed by atoms with Crippen LogP contribution in [0.4, 0.5) is 0 Å². The van der Waals surface area contributed by atoms with Gasteiger partial charge in [0.2, 0.25) is 0 Å². The third-order valence-electron chi connectivity index (χ3n) is 4.62. The molecule has 2 rings (SSSR count). The zero-order chi connectivity index (χ0) is 24.3. The van der Waals surface area contributed by atoms with Crippen LogP contribution in [-0.2, 0) is 33.6 Å². The maximum absolute atomic E-state index is 11.3. The van der Waals surface area contributed by atoms with Crippen molar-refractivity contribution in [3.63, 3.8) is 0 Å². The first-order valence-corrected chi connectivity index (χ1v) is 10.3. The van der Waals surface area contributed by atoms with E-state index in [0.29, 0.717) is 35.3 Å². The van der Waals surface area contributed by atoms with Crippen molar-refractivity contribution in [2.75, 3.05) is 13.2 Å². The fraction of sp³-hybridized carbons (Fsp3) is 0.375. The van der Waals surface area contributed by atoms with Gasteiger partial charge < -0.3 is 29.6 Å². The maximum atomic E-state index is 11.3. The van der Waals surface area contributed by atoms with E-state index in [1.54, 1.807) is 19.1 Å². The second-order valence-corrected chi connectivity index (χ2v) is 6.74. The molecule has 0 unspecified atom stereocenters. The third kappa shape index (κ3) is 7.01. The van der Waals surface area contributed by atoms with Crippen LogP contribution in [0.3, 0.4) is 0 Å². The lowest BCUT2D eigenvalue weighted by Crippen LogP contribution is -2.15. The summed E-state index contributed by atoms with van der Waals surface area (Å²) in [6, 6.07) is 6.11. The predicted molar refractivity (Wildman–Crippen MR) is 119 cm³/mol. The van der Waals surface area contributed by atoms with E-state index in [4.69, 9.17) is 9.47 Å². The first-order chi connectivity index (χ1) is 15.2. The average Bonchev–Trinajstić information content (AvgIpc) is 2.75. The van der Waals surface area contributed by atoms with Crippen LogP contribution in [0.25, 0.3) is 0 Å². The molecular formula is C24H30O8. The Balaban J connectivity index is 0.000000343. The zero-order valence-corrected chi connectivity index (χ0v) is 18.8. The number of phenols is 3. The second-order valence-electron chi connectivity index (χ2n) is 6.74. The predicted octanol–water partition coefficient (Wildman–Crippen LogP) is 3.50. The van der Waals surface area contributed by atoms with Crippen molar-refractivity contribution in [2.45, 2.75) is 47.0 Å². The minimum atomic E-state index is -0.473. The summed E-state index contributed by atoms with van der Waals surface area (Å²) in [7, 11) is 0. The summed E-state index contributed by atoms with van der Waals surface area (Å²) in [5, 5.41) is 28.9. The highest BCUT2D eigenvalue weighted by atomic mass is 16.6. The van der Waals surface area contributed by atoms with Gasteiger partial charge in [0.1, 0.15) is 29.3 Å². The van der Waals surface area contributed by atoms with E-state index in [9.17, 15) is 29.7 Å². The third-order valence-corrected chi connectivity index (χ3v) is 4.62. The van der Waals surface area contributed by atoms with Crippen LogP contribution in [0.2, 0.25) is 0 Å². The van der Waals surface area contributed by atoms with Crippen LogP contribution in [0.1, 0.15) is 54.7 Å². The Hall–Kier alpha value is -3.55. The fourth-order valence-electron chi connectivity index (χ4n) is 3.00. The minimum absolute atomic E-state index is 0.0367. The van der Waals surface area contributed by atoms with Crippen molar-refractivity contribution < 1.29 is 39.2 Å². The Morgan fingerprint density at radius 1 is 0.938 bits per heavy atom. The van der Waals surface area contributed by atoms with Gasteiger partial charge in [-0.3, -0.25) is 4.79 Å². The molecule has 0 aliphatic carbocycles. The Morgan fingerprint density at radius 2 is 1.59 bits per heavy atom. The topological polar surface area (TPSA) is 130 Å². The molecule has 0 heterocycles. The van der Waals surface area contributed by atoms with E-state index >= 15 is 0 Å². The largest absolute Gasteiger partial charge is 0.508 e. The monoisotopic (exact) mass is 446 g/mol. The summed E-state index contributed by atoms with van der Waals surface area (Å²) in [5.74, 6) is -0.275. The number of ketones is 1. The van der Waals surface area contributed by atoms with Gasteiger partial charge in [-0.15, -0.1) is 0 Å². The molecule has 0 saturated carbocycles. The molecule has 8 nitrogen and oxygen atoms in total. The van der Waals surface area contributed by atoms with Gasteiger partial charge >= 0.3 is 5.97 Å². The van der Waals surface area contributed by atoms with E-state index in [2.05, 4.69) is 0 Å². The summed E-state index contributed by atoms with van der Waals surface area (Å²) >= 11 is 0. The molecule has 0 atom stereocenters. The van der Waals surface area contributed by atoms with Crippen LogP contribution in [0.15, 0.2) is 24.3 Å². The normalized spacial score (nSPS) is 10.0. The number of aromatic hydroxyl groups is 3. The molecule has 0 aliphatic rings. The van der Waals surface area contributed by atoms with Crippen LogP contribution in [0.5, 0.6) is 23.0 Å². The summed E-state index contributed by atoms with van der Waals surface area (Å²) in [5.41, 5.74) is 1.82. The Morgan fingerprint density at radius 3 is 2.12 bits per heavy atom. The number of rotatable bonds is 9. The lowest BCUT2D eigenvalue weighted by atomic mass is 10.0. The number of aldehydes is 1. The Labute approximate surface area is 187 Å². The van der Waals surface area contributed by atoms with Crippen molar-refractivity contribution >= 4 is 18.0 Å². The van der Waals surface area contributed by atoms with Crippen molar-refractivity contribution in [1.82, 2.24) is 0 Å². The van der Waals surface area contributed by atoms with E-state index < -0.39 is 5.97 Å². The molecule has 0 saturated heterocycles. The quantitative estimate of drug-likeness (QED) is 0.303. The minimum Gasteiger partial charge on any atom is -0.508 e. The molecule has 8 heteroatoms. The molecule has 0 spiro atoms. The molecule has 0 amide bonds.